The number of alkyl halides is 3. The van der Waals surface area contributed by atoms with Gasteiger partial charge in [-0.25, -0.2) is 13.2 Å². The lowest BCUT2D eigenvalue weighted by Crippen LogP contribution is -2.13. The molecule has 78 valence electrons. The van der Waals surface area contributed by atoms with Crippen molar-refractivity contribution in [1.29, 1.82) is 0 Å². The largest absolute Gasteiger partial charge is 0.393 e. The Labute approximate surface area is 75.2 Å². The molecule has 0 aliphatic carbocycles. The highest BCUT2D eigenvalue weighted by molar-refractivity contribution is 5.21. The maximum Gasteiger partial charge on any atom is 0.393 e. The van der Waals surface area contributed by atoms with Gasteiger partial charge in [-0.3, -0.25) is 0 Å². The van der Waals surface area contributed by atoms with E-state index in [0.717, 1.165) is 0 Å². The van der Waals surface area contributed by atoms with E-state index in [1.54, 1.807) is 0 Å². The van der Waals surface area contributed by atoms with Crippen molar-refractivity contribution in [2.24, 2.45) is 0 Å². The fraction of sp³-hybridized carbons (Fsp3) is 0.250. The smallest absolute Gasteiger partial charge is 0.207 e. The molecule has 0 aliphatic heterocycles. The van der Waals surface area contributed by atoms with Gasteiger partial charge in [0.15, 0.2) is 11.6 Å². The van der Waals surface area contributed by atoms with Crippen LogP contribution < -0.4 is 0 Å². The molecule has 0 unspecified atom stereocenters. The third kappa shape index (κ3) is 2.65. The summed E-state index contributed by atoms with van der Waals surface area (Å²) in [6.45, 7) is 0. The van der Waals surface area contributed by atoms with Gasteiger partial charge in [0.1, 0.15) is 5.82 Å². The summed E-state index contributed by atoms with van der Waals surface area (Å²) in [6, 6.07) is 0.515. The van der Waals surface area contributed by atoms with Gasteiger partial charge in [-0.2, -0.15) is 13.2 Å². The number of hydrogen-bond acceptors (Lipinski definition) is 0. The second-order valence-corrected chi connectivity index (χ2v) is 2.65. The molecule has 0 radical (unpaired) electrons. The molecule has 0 saturated carbocycles. The molecule has 1 rings (SSSR count). The topological polar surface area (TPSA) is 0 Å². The predicted octanol–water partition coefficient (Wildman–Crippen LogP) is 3.21. The van der Waals surface area contributed by atoms with Crippen LogP contribution in [0.1, 0.15) is 5.56 Å². The van der Waals surface area contributed by atoms with Crippen LogP contribution in [0, 0.1) is 17.5 Å². The van der Waals surface area contributed by atoms with Crippen molar-refractivity contribution < 1.29 is 26.3 Å². The summed E-state index contributed by atoms with van der Waals surface area (Å²) >= 11 is 0. The molecule has 0 atom stereocenters. The fourth-order valence-corrected chi connectivity index (χ4v) is 0.954. The highest BCUT2D eigenvalue weighted by atomic mass is 19.4. The van der Waals surface area contributed by atoms with Crippen LogP contribution in [-0.4, -0.2) is 6.18 Å². The maximum absolute atomic E-state index is 12.7. The molecule has 6 heteroatoms. The van der Waals surface area contributed by atoms with Gasteiger partial charge in [-0.05, 0) is 6.07 Å². The van der Waals surface area contributed by atoms with E-state index in [9.17, 15) is 26.3 Å². The molecule has 0 N–H and O–H groups in total. The Kier molecular flexibility index (Phi) is 2.73. The van der Waals surface area contributed by atoms with Crippen LogP contribution in [-0.2, 0) is 6.42 Å². The molecular weight excluding hydrogens is 210 g/mol. The summed E-state index contributed by atoms with van der Waals surface area (Å²) in [5, 5.41) is 0. The Balaban J connectivity index is 3.09. The van der Waals surface area contributed by atoms with E-state index in [2.05, 4.69) is 0 Å². The zero-order chi connectivity index (χ0) is 10.9. The summed E-state index contributed by atoms with van der Waals surface area (Å²) in [5.74, 6) is -4.52. The van der Waals surface area contributed by atoms with Crippen molar-refractivity contribution >= 4 is 0 Å². The van der Waals surface area contributed by atoms with Gasteiger partial charge < -0.3 is 0 Å². The molecule has 0 nitrogen and oxygen atoms in total. The first kappa shape index (κ1) is 10.9. The zero-order valence-corrected chi connectivity index (χ0v) is 6.63. The monoisotopic (exact) mass is 214 g/mol. The van der Waals surface area contributed by atoms with Crippen molar-refractivity contribution in [1.82, 2.24) is 0 Å². The Morgan fingerprint density at radius 1 is 1.00 bits per heavy atom. The summed E-state index contributed by atoms with van der Waals surface area (Å²) in [4.78, 5) is 0. The Bertz CT molecular complexity index is 340. The molecule has 0 fully saturated rings. The average molecular weight is 214 g/mol. The Hall–Kier alpha value is -1.20. The lowest BCUT2D eigenvalue weighted by atomic mass is 10.1. The molecule has 0 aliphatic rings. The number of halogens is 6. The summed E-state index contributed by atoms with van der Waals surface area (Å²) in [5.41, 5.74) is -1.03. The van der Waals surface area contributed by atoms with Crippen LogP contribution in [0.5, 0.6) is 0 Å². The molecular formula is C8H4F6. The molecule has 0 aromatic heterocycles. The summed E-state index contributed by atoms with van der Waals surface area (Å²) < 4.78 is 72.8. The van der Waals surface area contributed by atoms with Crippen molar-refractivity contribution in [3.63, 3.8) is 0 Å². The first-order valence-corrected chi connectivity index (χ1v) is 3.50. The van der Waals surface area contributed by atoms with Crippen molar-refractivity contribution in [2.45, 2.75) is 12.6 Å². The van der Waals surface area contributed by atoms with E-state index in [-0.39, 0.29) is 6.07 Å². The fourth-order valence-electron chi connectivity index (χ4n) is 0.954. The Morgan fingerprint density at radius 2 is 1.57 bits per heavy atom. The summed E-state index contributed by atoms with van der Waals surface area (Å²) in [6.07, 6.45) is -6.38. The van der Waals surface area contributed by atoms with Crippen LogP contribution in [0.3, 0.4) is 0 Å². The van der Waals surface area contributed by atoms with Crippen LogP contribution >= 0.6 is 0 Å². The molecule has 14 heavy (non-hydrogen) atoms. The van der Waals surface area contributed by atoms with Crippen LogP contribution in [0.15, 0.2) is 12.1 Å². The molecule has 0 heterocycles. The van der Waals surface area contributed by atoms with Crippen LogP contribution in [0.4, 0.5) is 26.3 Å². The van der Waals surface area contributed by atoms with Crippen molar-refractivity contribution in [3.05, 3.63) is 35.1 Å². The van der Waals surface area contributed by atoms with E-state index in [1.807, 2.05) is 0 Å². The maximum atomic E-state index is 12.7. The van der Waals surface area contributed by atoms with Gasteiger partial charge >= 0.3 is 6.18 Å². The van der Waals surface area contributed by atoms with Crippen LogP contribution in [0.25, 0.3) is 0 Å². The van der Waals surface area contributed by atoms with E-state index < -0.39 is 35.6 Å². The molecule has 1 aromatic rings. The number of hydrogen-bond donors (Lipinski definition) is 0. The minimum absolute atomic E-state index is 0.190. The average Bonchev–Trinajstić information content (AvgIpc) is 1.96. The predicted molar refractivity (Wildman–Crippen MR) is 36.1 cm³/mol. The minimum atomic E-state index is -4.69. The van der Waals surface area contributed by atoms with E-state index >= 15 is 0 Å². The Morgan fingerprint density at radius 3 is 2.07 bits per heavy atom. The van der Waals surface area contributed by atoms with Gasteiger partial charge in [0, 0.05) is 11.6 Å². The quantitative estimate of drug-likeness (QED) is 0.497. The van der Waals surface area contributed by atoms with Crippen molar-refractivity contribution in [3.8, 4) is 0 Å². The first-order valence-electron chi connectivity index (χ1n) is 3.50. The number of benzene rings is 1. The van der Waals surface area contributed by atoms with Gasteiger partial charge in [-0.15, -0.1) is 0 Å². The third-order valence-corrected chi connectivity index (χ3v) is 1.46. The summed E-state index contributed by atoms with van der Waals surface area (Å²) in [7, 11) is 0. The first-order chi connectivity index (χ1) is 6.29. The van der Waals surface area contributed by atoms with E-state index in [0.29, 0.717) is 6.07 Å². The zero-order valence-electron chi connectivity index (χ0n) is 6.63. The van der Waals surface area contributed by atoms with Gasteiger partial charge in [0.05, 0.1) is 6.42 Å². The molecule has 0 spiro atoms. The van der Waals surface area contributed by atoms with Gasteiger partial charge in [0.25, 0.3) is 0 Å². The van der Waals surface area contributed by atoms with Crippen molar-refractivity contribution in [2.75, 3.05) is 0 Å². The SMILES string of the molecule is Fc1cc(F)c(F)c(CC(F)(F)F)c1. The highest BCUT2D eigenvalue weighted by Gasteiger charge is 2.30. The minimum Gasteiger partial charge on any atom is -0.207 e. The van der Waals surface area contributed by atoms with Crippen LogP contribution in [0.2, 0.25) is 0 Å². The van der Waals surface area contributed by atoms with Gasteiger partial charge in [0.2, 0.25) is 0 Å². The molecule has 0 amide bonds. The van der Waals surface area contributed by atoms with E-state index in [1.165, 1.54) is 0 Å². The second-order valence-electron chi connectivity index (χ2n) is 2.65. The lowest BCUT2D eigenvalue weighted by molar-refractivity contribution is -0.127. The normalized spacial score (nSPS) is 11.9. The standard InChI is InChI=1S/C8H4F6/c9-5-1-4(3-8(12,13)14)7(11)6(10)2-5/h1-2H,3H2. The van der Waals surface area contributed by atoms with Gasteiger partial charge in [-0.1, -0.05) is 0 Å². The second kappa shape index (κ2) is 3.51. The lowest BCUT2D eigenvalue weighted by Gasteiger charge is -2.07. The molecule has 1 aromatic carbocycles. The van der Waals surface area contributed by atoms with E-state index in [4.69, 9.17) is 0 Å². The third-order valence-electron chi connectivity index (χ3n) is 1.46. The molecule has 0 saturated heterocycles. The number of rotatable bonds is 1. The highest BCUT2D eigenvalue weighted by Crippen LogP contribution is 2.24. The molecule has 0 bridgehead atoms.